The lowest BCUT2D eigenvalue weighted by atomic mass is 10.2. The van der Waals surface area contributed by atoms with E-state index in [0.717, 1.165) is 5.56 Å². The number of para-hydroxylation sites is 1. The molecule has 21 heavy (non-hydrogen) atoms. The summed E-state index contributed by atoms with van der Waals surface area (Å²) in [7, 11) is -3.77. The summed E-state index contributed by atoms with van der Waals surface area (Å²) in [6, 6.07) is 11.7. The second-order valence-corrected chi connectivity index (χ2v) is 6.53. The van der Waals surface area contributed by atoms with Crippen LogP contribution in [0.1, 0.15) is 12.5 Å². The molecule has 2 aromatic carbocycles. The van der Waals surface area contributed by atoms with E-state index in [9.17, 15) is 8.42 Å². The van der Waals surface area contributed by atoms with Crippen molar-refractivity contribution in [1.29, 1.82) is 0 Å². The van der Waals surface area contributed by atoms with Crippen LogP contribution in [0.5, 0.6) is 5.75 Å². The molecule has 0 spiro atoms. The van der Waals surface area contributed by atoms with E-state index in [1.54, 1.807) is 31.2 Å². The Labute approximate surface area is 129 Å². The molecule has 1 N–H and O–H groups in total. The van der Waals surface area contributed by atoms with Crippen LogP contribution >= 0.6 is 11.6 Å². The smallest absolute Gasteiger partial charge is 0.265 e. The molecule has 0 aliphatic heterocycles. The second kappa shape index (κ2) is 6.37. The van der Waals surface area contributed by atoms with Gasteiger partial charge in [0.25, 0.3) is 10.0 Å². The van der Waals surface area contributed by atoms with Crippen LogP contribution in [0.25, 0.3) is 0 Å². The third kappa shape index (κ3) is 3.68. The molecule has 0 radical (unpaired) electrons. The molecule has 0 aliphatic rings. The summed E-state index contributed by atoms with van der Waals surface area (Å²) in [5.74, 6) is 0.281. The van der Waals surface area contributed by atoms with Gasteiger partial charge in [-0.05, 0) is 43.7 Å². The van der Waals surface area contributed by atoms with Gasteiger partial charge in [-0.2, -0.15) is 0 Å². The van der Waals surface area contributed by atoms with Gasteiger partial charge in [0.15, 0.2) is 0 Å². The SMILES string of the molecule is CCOc1ccc(Cl)cc1S(=O)(=O)Nc1ccccc1C. The van der Waals surface area contributed by atoms with Crippen LogP contribution < -0.4 is 9.46 Å². The van der Waals surface area contributed by atoms with Crippen molar-refractivity contribution in [3.63, 3.8) is 0 Å². The number of ether oxygens (including phenoxy) is 1. The van der Waals surface area contributed by atoms with Gasteiger partial charge in [0, 0.05) is 5.02 Å². The van der Waals surface area contributed by atoms with Crippen LogP contribution in [0.4, 0.5) is 5.69 Å². The Bertz CT molecular complexity index is 744. The first kappa shape index (κ1) is 15.7. The molecule has 4 nitrogen and oxygen atoms in total. The first-order chi connectivity index (χ1) is 9.94. The van der Waals surface area contributed by atoms with E-state index in [1.807, 2.05) is 19.1 Å². The van der Waals surface area contributed by atoms with Crippen molar-refractivity contribution in [3.8, 4) is 5.75 Å². The summed E-state index contributed by atoms with van der Waals surface area (Å²) in [5.41, 5.74) is 1.36. The van der Waals surface area contributed by atoms with Gasteiger partial charge in [-0.3, -0.25) is 4.72 Å². The van der Waals surface area contributed by atoms with Crippen molar-refractivity contribution >= 4 is 27.3 Å². The van der Waals surface area contributed by atoms with E-state index in [-0.39, 0.29) is 10.6 Å². The Morgan fingerprint density at radius 3 is 2.57 bits per heavy atom. The van der Waals surface area contributed by atoms with Crippen LogP contribution in [0, 0.1) is 6.92 Å². The quantitative estimate of drug-likeness (QED) is 0.908. The molecular formula is C15H16ClNO3S. The Hall–Kier alpha value is -1.72. The number of hydrogen-bond acceptors (Lipinski definition) is 3. The van der Waals surface area contributed by atoms with E-state index >= 15 is 0 Å². The van der Waals surface area contributed by atoms with Crippen molar-refractivity contribution in [2.45, 2.75) is 18.7 Å². The first-order valence-corrected chi connectivity index (χ1v) is 8.31. The predicted octanol–water partition coefficient (Wildman–Crippen LogP) is 3.85. The van der Waals surface area contributed by atoms with Crippen LogP contribution in [-0.4, -0.2) is 15.0 Å². The average Bonchev–Trinajstić information content (AvgIpc) is 2.43. The third-order valence-electron chi connectivity index (χ3n) is 2.88. The number of halogens is 1. The van der Waals surface area contributed by atoms with Crippen molar-refractivity contribution in [3.05, 3.63) is 53.1 Å². The average molecular weight is 326 g/mol. The Morgan fingerprint density at radius 1 is 1.19 bits per heavy atom. The number of nitrogens with one attached hydrogen (secondary N) is 1. The molecule has 0 fully saturated rings. The minimum atomic E-state index is -3.77. The topological polar surface area (TPSA) is 55.4 Å². The van der Waals surface area contributed by atoms with Gasteiger partial charge >= 0.3 is 0 Å². The third-order valence-corrected chi connectivity index (χ3v) is 4.51. The summed E-state index contributed by atoms with van der Waals surface area (Å²) in [5, 5.41) is 0.337. The molecule has 6 heteroatoms. The summed E-state index contributed by atoms with van der Waals surface area (Å²) in [4.78, 5) is 0.0279. The Kier molecular flexibility index (Phi) is 4.75. The molecule has 0 aromatic heterocycles. The molecule has 0 bridgehead atoms. The Morgan fingerprint density at radius 2 is 1.90 bits per heavy atom. The standard InChI is InChI=1S/C15H16ClNO3S/c1-3-20-14-9-8-12(16)10-15(14)21(18,19)17-13-7-5-4-6-11(13)2/h4-10,17H,3H2,1-2H3. The van der Waals surface area contributed by atoms with E-state index < -0.39 is 10.0 Å². The zero-order chi connectivity index (χ0) is 15.5. The van der Waals surface area contributed by atoms with Gasteiger partial charge in [-0.1, -0.05) is 29.8 Å². The molecular weight excluding hydrogens is 310 g/mol. The van der Waals surface area contributed by atoms with Gasteiger partial charge in [0.2, 0.25) is 0 Å². The van der Waals surface area contributed by atoms with E-state index in [1.165, 1.54) is 6.07 Å². The second-order valence-electron chi connectivity index (χ2n) is 4.44. The van der Waals surface area contributed by atoms with Gasteiger partial charge in [-0.25, -0.2) is 8.42 Å². The number of anilines is 1. The summed E-state index contributed by atoms with van der Waals surface area (Å²) < 4.78 is 33.0. The molecule has 0 aliphatic carbocycles. The van der Waals surface area contributed by atoms with E-state index in [2.05, 4.69) is 4.72 Å². The summed E-state index contributed by atoms with van der Waals surface area (Å²) in [6.07, 6.45) is 0. The monoisotopic (exact) mass is 325 g/mol. The fraction of sp³-hybridized carbons (Fsp3) is 0.200. The molecule has 0 unspecified atom stereocenters. The normalized spacial score (nSPS) is 11.2. The molecule has 2 aromatic rings. The minimum absolute atomic E-state index is 0.0279. The van der Waals surface area contributed by atoms with E-state index in [0.29, 0.717) is 17.3 Å². The zero-order valence-electron chi connectivity index (χ0n) is 11.8. The van der Waals surface area contributed by atoms with Crippen LogP contribution in [0.2, 0.25) is 5.02 Å². The molecule has 0 heterocycles. The van der Waals surface area contributed by atoms with Crippen LogP contribution in [0.3, 0.4) is 0 Å². The van der Waals surface area contributed by atoms with Crippen molar-refractivity contribution < 1.29 is 13.2 Å². The zero-order valence-corrected chi connectivity index (χ0v) is 13.3. The highest BCUT2D eigenvalue weighted by Gasteiger charge is 2.21. The number of rotatable bonds is 5. The highest BCUT2D eigenvalue weighted by molar-refractivity contribution is 7.92. The van der Waals surface area contributed by atoms with Crippen LogP contribution in [-0.2, 0) is 10.0 Å². The van der Waals surface area contributed by atoms with Gasteiger partial charge in [0.05, 0.1) is 12.3 Å². The van der Waals surface area contributed by atoms with Gasteiger partial charge in [-0.15, -0.1) is 0 Å². The fourth-order valence-electron chi connectivity index (χ4n) is 1.85. The van der Waals surface area contributed by atoms with Gasteiger partial charge in [0.1, 0.15) is 10.6 Å². The number of aryl methyl sites for hydroxylation is 1. The first-order valence-electron chi connectivity index (χ1n) is 6.45. The highest BCUT2D eigenvalue weighted by Crippen LogP contribution is 2.29. The molecule has 0 saturated carbocycles. The van der Waals surface area contributed by atoms with Crippen molar-refractivity contribution in [2.24, 2.45) is 0 Å². The van der Waals surface area contributed by atoms with E-state index in [4.69, 9.17) is 16.3 Å². The summed E-state index contributed by atoms with van der Waals surface area (Å²) in [6.45, 7) is 3.99. The van der Waals surface area contributed by atoms with Gasteiger partial charge < -0.3 is 4.74 Å². The molecule has 2 rings (SSSR count). The number of benzene rings is 2. The predicted molar refractivity (Wildman–Crippen MR) is 84.6 cm³/mol. The lowest BCUT2D eigenvalue weighted by Gasteiger charge is -2.14. The maximum atomic E-state index is 12.6. The molecule has 0 atom stereocenters. The number of sulfonamides is 1. The molecule has 112 valence electrons. The lowest BCUT2D eigenvalue weighted by molar-refractivity contribution is 0.331. The minimum Gasteiger partial charge on any atom is -0.492 e. The molecule has 0 saturated heterocycles. The van der Waals surface area contributed by atoms with Crippen LogP contribution in [0.15, 0.2) is 47.4 Å². The maximum Gasteiger partial charge on any atom is 0.265 e. The lowest BCUT2D eigenvalue weighted by Crippen LogP contribution is -2.15. The highest BCUT2D eigenvalue weighted by atomic mass is 35.5. The summed E-state index contributed by atoms with van der Waals surface area (Å²) >= 11 is 5.91. The Balaban J connectivity index is 2.44. The van der Waals surface area contributed by atoms with Crippen molar-refractivity contribution in [1.82, 2.24) is 0 Å². The maximum absolute atomic E-state index is 12.6. The fourth-order valence-corrected chi connectivity index (χ4v) is 3.39. The van der Waals surface area contributed by atoms with Crippen molar-refractivity contribution in [2.75, 3.05) is 11.3 Å². The largest absolute Gasteiger partial charge is 0.492 e. The molecule has 0 amide bonds. The number of hydrogen-bond donors (Lipinski definition) is 1.